The van der Waals surface area contributed by atoms with Gasteiger partial charge in [-0.05, 0) is 66.9 Å². The number of sulfonamides is 1. The van der Waals surface area contributed by atoms with Crippen LogP contribution in [-0.2, 0) is 14.8 Å². The van der Waals surface area contributed by atoms with E-state index in [-0.39, 0.29) is 5.75 Å². The Morgan fingerprint density at radius 3 is 2.56 bits per heavy atom. The minimum Gasteiger partial charge on any atom is -0.465 e. The summed E-state index contributed by atoms with van der Waals surface area (Å²) >= 11 is 0. The molecule has 1 fully saturated rings. The van der Waals surface area contributed by atoms with Crippen molar-refractivity contribution in [3.63, 3.8) is 0 Å². The zero-order chi connectivity index (χ0) is 18.0. The topological polar surface area (TPSA) is 92.7 Å². The maximum absolute atomic E-state index is 12.2. The number of carbonyl (C=O) groups is 1. The molecule has 25 heavy (non-hydrogen) atoms. The number of anilines is 1. The Balaban J connectivity index is 2.01. The van der Waals surface area contributed by atoms with Crippen LogP contribution >= 0.6 is 0 Å². The van der Waals surface area contributed by atoms with Crippen LogP contribution in [0, 0.1) is 11.8 Å². The number of hydrogen-bond acceptors (Lipinski definition) is 5. The van der Waals surface area contributed by atoms with E-state index < -0.39 is 22.6 Å². The molecule has 1 aromatic carbocycles. The molecule has 0 aromatic heterocycles. The van der Waals surface area contributed by atoms with Crippen LogP contribution in [0.15, 0.2) is 24.3 Å². The number of carbonyl (C=O) groups excluding carboxylic acids is 1. The van der Waals surface area contributed by atoms with Crippen molar-refractivity contribution >= 4 is 27.3 Å². The van der Waals surface area contributed by atoms with Crippen LogP contribution in [0.3, 0.4) is 0 Å². The lowest BCUT2D eigenvalue weighted by atomic mass is 9.69. The number of hydrogen-bond donors (Lipinski definition) is 2. The second kappa shape index (κ2) is 7.17. The Bertz CT molecular complexity index is 792. The van der Waals surface area contributed by atoms with E-state index in [1.165, 1.54) is 20.0 Å². The number of nitrogens with one attached hydrogen (secondary N) is 1. The number of allylic oxidation sites excluding steroid dienone is 2. The van der Waals surface area contributed by atoms with Gasteiger partial charge in [0, 0.05) is 5.69 Å². The van der Waals surface area contributed by atoms with Gasteiger partial charge in [0.25, 0.3) is 0 Å². The molecule has 0 radical (unpaired) electrons. The largest absolute Gasteiger partial charge is 0.465 e. The third kappa shape index (κ3) is 3.88. The molecule has 2 bridgehead atoms. The van der Waals surface area contributed by atoms with E-state index in [2.05, 4.69) is 10.8 Å². The highest BCUT2D eigenvalue weighted by atomic mass is 32.2. The van der Waals surface area contributed by atoms with Gasteiger partial charge in [-0.3, -0.25) is 4.72 Å². The van der Waals surface area contributed by atoms with Crippen molar-refractivity contribution in [2.45, 2.75) is 25.7 Å². The first-order chi connectivity index (χ1) is 11.9. The average Bonchev–Trinajstić information content (AvgIpc) is 2.61. The predicted molar refractivity (Wildman–Crippen MR) is 95.7 cm³/mol. The van der Waals surface area contributed by atoms with Crippen LogP contribution in [0.25, 0.3) is 5.57 Å². The smallest absolute Gasteiger partial charge is 0.338 e. The first kappa shape index (κ1) is 17.9. The van der Waals surface area contributed by atoms with E-state index in [0.717, 1.165) is 24.0 Å². The van der Waals surface area contributed by atoms with Gasteiger partial charge in [0.1, 0.15) is 0 Å². The van der Waals surface area contributed by atoms with E-state index in [4.69, 9.17) is 9.84 Å². The Kier molecular flexibility index (Phi) is 5.15. The molecule has 0 atom stereocenters. The highest BCUT2D eigenvalue weighted by molar-refractivity contribution is 7.92. The molecule has 7 heteroatoms. The summed E-state index contributed by atoms with van der Waals surface area (Å²) in [6, 6.07) is 4.85. The Morgan fingerprint density at radius 1 is 1.28 bits per heavy atom. The lowest BCUT2D eigenvalue weighted by Gasteiger charge is -2.36. The molecule has 3 aliphatic rings. The second-order valence-electron chi connectivity index (χ2n) is 6.63. The van der Waals surface area contributed by atoms with E-state index in [0.29, 0.717) is 23.1 Å². The summed E-state index contributed by atoms with van der Waals surface area (Å²) < 4.78 is 31.2. The molecule has 1 aromatic rings. The molecule has 0 aliphatic heterocycles. The number of fused-ring (bicyclic) bond motifs is 2. The standard InChI is InChI=1S/C18H23NO5S/c1-24-18(21)15-7-6-14(19-25(22,23)9-8-20)11-17(15)16-10-12-2-4-13(16)5-3-12/h6-7,10-13,19-20H,2-5,8-9H2,1H3. The summed E-state index contributed by atoms with van der Waals surface area (Å²) in [5, 5.41) is 8.87. The van der Waals surface area contributed by atoms with Crippen LogP contribution < -0.4 is 4.72 Å². The summed E-state index contributed by atoms with van der Waals surface area (Å²) in [6.45, 7) is -0.447. The van der Waals surface area contributed by atoms with Gasteiger partial charge in [0.05, 0.1) is 25.0 Å². The molecule has 0 heterocycles. The number of ether oxygens (including phenoxy) is 1. The monoisotopic (exact) mass is 365 g/mol. The van der Waals surface area contributed by atoms with E-state index in [1.807, 2.05) is 0 Å². The van der Waals surface area contributed by atoms with Crippen LogP contribution in [0.5, 0.6) is 0 Å². The van der Waals surface area contributed by atoms with Gasteiger partial charge in [-0.25, -0.2) is 13.2 Å². The quantitative estimate of drug-likeness (QED) is 0.755. The van der Waals surface area contributed by atoms with Gasteiger partial charge in [-0.2, -0.15) is 0 Å². The van der Waals surface area contributed by atoms with Crippen LogP contribution in [0.1, 0.15) is 41.6 Å². The van der Waals surface area contributed by atoms with Crippen molar-refractivity contribution in [3.8, 4) is 0 Å². The Morgan fingerprint density at radius 2 is 2.00 bits per heavy atom. The van der Waals surface area contributed by atoms with Crippen LogP contribution in [-0.4, -0.2) is 39.0 Å². The second-order valence-corrected chi connectivity index (χ2v) is 8.47. The third-order valence-corrected chi connectivity index (χ3v) is 6.26. The summed E-state index contributed by atoms with van der Waals surface area (Å²) in [7, 11) is -2.28. The van der Waals surface area contributed by atoms with Crippen molar-refractivity contribution in [2.24, 2.45) is 11.8 Å². The Hall–Kier alpha value is -1.86. The fraction of sp³-hybridized carbons (Fsp3) is 0.500. The van der Waals surface area contributed by atoms with Gasteiger partial charge in [0.15, 0.2) is 0 Å². The zero-order valence-corrected chi connectivity index (χ0v) is 15.0. The van der Waals surface area contributed by atoms with Crippen LogP contribution in [0.4, 0.5) is 5.69 Å². The molecule has 136 valence electrons. The fourth-order valence-corrected chi connectivity index (χ4v) is 4.61. The molecule has 1 saturated carbocycles. The van der Waals surface area contributed by atoms with Gasteiger partial charge >= 0.3 is 5.97 Å². The Labute approximate surface area is 147 Å². The van der Waals surface area contributed by atoms with E-state index in [9.17, 15) is 13.2 Å². The van der Waals surface area contributed by atoms with Gasteiger partial charge in [-0.1, -0.05) is 6.08 Å². The summed E-state index contributed by atoms with van der Waals surface area (Å²) in [5.41, 5.74) is 2.70. The zero-order valence-electron chi connectivity index (χ0n) is 14.2. The maximum Gasteiger partial charge on any atom is 0.338 e. The minimum absolute atomic E-state index is 0.367. The van der Waals surface area contributed by atoms with Crippen molar-refractivity contribution in [1.29, 1.82) is 0 Å². The lowest BCUT2D eigenvalue weighted by molar-refractivity contribution is 0.0600. The van der Waals surface area contributed by atoms with Gasteiger partial charge in [-0.15, -0.1) is 0 Å². The maximum atomic E-state index is 12.2. The lowest BCUT2D eigenvalue weighted by Crippen LogP contribution is -2.23. The fourth-order valence-electron chi connectivity index (χ4n) is 3.78. The molecule has 0 saturated heterocycles. The molecule has 0 unspecified atom stereocenters. The number of rotatable bonds is 6. The molecule has 6 nitrogen and oxygen atoms in total. The summed E-state index contributed by atoms with van der Waals surface area (Å²) in [4.78, 5) is 12.2. The highest BCUT2D eigenvalue weighted by Crippen LogP contribution is 2.46. The minimum atomic E-state index is -3.62. The average molecular weight is 365 g/mol. The van der Waals surface area contributed by atoms with Crippen LogP contribution in [0.2, 0.25) is 0 Å². The first-order valence-corrected chi connectivity index (χ1v) is 10.1. The molecular formula is C18H23NO5S. The van der Waals surface area contributed by atoms with E-state index >= 15 is 0 Å². The molecule has 4 rings (SSSR count). The highest BCUT2D eigenvalue weighted by Gasteiger charge is 2.31. The van der Waals surface area contributed by atoms with E-state index in [1.54, 1.807) is 18.2 Å². The SMILES string of the molecule is COC(=O)c1ccc(NS(=O)(=O)CCO)cc1C1=CC2CCC1CC2. The third-order valence-electron chi connectivity index (χ3n) is 5.00. The van der Waals surface area contributed by atoms with Crippen molar-refractivity contribution in [1.82, 2.24) is 0 Å². The van der Waals surface area contributed by atoms with Crippen molar-refractivity contribution < 1.29 is 23.1 Å². The number of aliphatic hydroxyl groups is 1. The normalized spacial score (nSPS) is 22.4. The predicted octanol–water partition coefficient (Wildman–Crippen LogP) is 2.41. The van der Waals surface area contributed by atoms with Crippen molar-refractivity contribution in [2.75, 3.05) is 24.2 Å². The molecule has 2 N–H and O–H groups in total. The van der Waals surface area contributed by atoms with Gasteiger partial charge < -0.3 is 9.84 Å². The van der Waals surface area contributed by atoms with Crippen molar-refractivity contribution in [3.05, 3.63) is 35.4 Å². The molecule has 0 amide bonds. The molecule has 3 aliphatic carbocycles. The number of esters is 1. The molecular weight excluding hydrogens is 342 g/mol. The van der Waals surface area contributed by atoms with Gasteiger partial charge in [0.2, 0.25) is 10.0 Å². The number of benzene rings is 1. The summed E-state index contributed by atoms with van der Waals surface area (Å²) in [6.07, 6.45) is 6.76. The molecule has 0 spiro atoms. The summed E-state index contributed by atoms with van der Waals surface area (Å²) in [5.74, 6) is 0.133. The number of methoxy groups -OCH3 is 1. The first-order valence-electron chi connectivity index (χ1n) is 8.49. The number of aliphatic hydroxyl groups excluding tert-OH is 1.